The molecule has 0 radical (unpaired) electrons. The van der Waals surface area contributed by atoms with E-state index >= 15 is 0 Å². The van der Waals surface area contributed by atoms with E-state index in [4.69, 9.17) is 4.74 Å². The van der Waals surface area contributed by atoms with Crippen molar-refractivity contribution in [3.63, 3.8) is 0 Å². The Hall–Kier alpha value is -1.31. The first-order chi connectivity index (χ1) is 10.4. The number of hydrogen-bond acceptors (Lipinski definition) is 4. The molecule has 0 unspecified atom stereocenters. The number of ether oxygens (including phenoxy) is 1. The smallest absolute Gasteiger partial charge is 0.444 e. The molecule has 0 spiro atoms. The Labute approximate surface area is 133 Å². The van der Waals surface area contributed by atoms with Crippen LogP contribution in [0.4, 0.5) is 18.0 Å². The van der Waals surface area contributed by atoms with Gasteiger partial charge in [0.05, 0.1) is 0 Å². The van der Waals surface area contributed by atoms with Crippen LogP contribution in [0.3, 0.4) is 0 Å². The maximum Gasteiger partial charge on any atom is 0.449 e. The molecule has 1 rings (SSSR count). The molecule has 1 fully saturated rings. The minimum absolute atomic E-state index is 0.0377. The molecule has 0 aliphatic carbocycles. The highest BCUT2D eigenvalue weighted by molar-refractivity contribution is 5.83. The Morgan fingerprint density at radius 1 is 1.17 bits per heavy atom. The van der Waals surface area contributed by atoms with Crippen molar-refractivity contribution in [1.29, 1.82) is 0 Å². The predicted octanol–water partition coefficient (Wildman–Crippen LogP) is 2.91. The quantitative estimate of drug-likeness (QED) is 0.855. The zero-order valence-electron chi connectivity index (χ0n) is 13.7. The lowest BCUT2D eigenvalue weighted by Gasteiger charge is -2.41. The zero-order chi connectivity index (χ0) is 17.9. The number of Topliss-reactive ketones (excluding diaryl/α,β-unsaturated/α-hetero) is 1. The van der Waals surface area contributed by atoms with Gasteiger partial charge in [0.15, 0.2) is 0 Å². The third-order valence-corrected chi connectivity index (χ3v) is 4.01. The second kappa shape index (κ2) is 7.07. The van der Waals surface area contributed by atoms with E-state index in [9.17, 15) is 27.9 Å². The molecule has 1 amide bonds. The standard InChI is InChI=1S/C15H24F3NO4/c1-13(2,3)23-12(22)19-8-6-14(10-20,7-9-19)5-4-11(21)15(16,17)18/h20H,4-10H2,1-3H3. The maximum absolute atomic E-state index is 12.3. The molecule has 1 heterocycles. The number of amides is 1. The normalized spacial score (nSPS) is 18.7. The van der Waals surface area contributed by atoms with Gasteiger partial charge in [0.25, 0.3) is 0 Å². The van der Waals surface area contributed by atoms with Crippen LogP contribution < -0.4 is 0 Å². The summed E-state index contributed by atoms with van der Waals surface area (Å²) >= 11 is 0. The highest BCUT2D eigenvalue weighted by Gasteiger charge is 2.41. The van der Waals surface area contributed by atoms with Crippen molar-refractivity contribution >= 4 is 11.9 Å². The molecular weight excluding hydrogens is 315 g/mol. The molecule has 23 heavy (non-hydrogen) atoms. The first-order valence-electron chi connectivity index (χ1n) is 7.57. The van der Waals surface area contributed by atoms with Gasteiger partial charge < -0.3 is 14.7 Å². The molecule has 0 aromatic rings. The molecule has 0 atom stereocenters. The van der Waals surface area contributed by atoms with Crippen molar-refractivity contribution in [1.82, 2.24) is 4.90 Å². The van der Waals surface area contributed by atoms with E-state index in [2.05, 4.69) is 0 Å². The lowest BCUT2D eigenvalue weighted by molar-refractivity contribution is -0.172. The number of hydrogen-bond donors (Lipinski definition) is 1. The molecule has 0 bridgehead atoms. The van der Waals surface area contributed by atoms with E-state index in [1.54, 1.807) is 20.8 Å². The number of likely N-dealkylation sites (tertiary alicyclic amines) is 1. The summed E-state index contributed by atoms with van der Waals surface area (Å²) in [5.41, 5.74) is -1.37. The monoisotopic (exact) mass is 339 g/mol. The highest BCUT2D eigenvalue weighted by atomic mass is 19.4. The van der Waals surface area contributed by atoms with Gasteiger partial charge in [0, 0.05) is 26.1 Å². The first-order valence-corrected chi connectivity index (χ1v) is 7.57. The zero-order valence-corrected chi connectivity index (χ0v) is 13.7. The number of aliphatic hydroxyl groups excluding tert-OH is 1. The summed E-state index contributed by atoms with van der Waals surface area (Å²) in [5.74, 6) is -1.78. The lowest BCUT2D eigenvalue weighted by Crippen LogP contribution is -2.46. The summed E-state index contributed by atoms with van der Waals surface area (Å²) in [6, 6.07) is 0. The molecule has 5 nitrogen and oxygen atoms in total. The van der Waals surface area contributed by atoms with Crippen LogP contribution in [-0.4, -0.2) is 53.4 Å². The van der Waals surface area contributed by atoms with Gasteiger partial charge in [-0.1, -0.05) is 0 Å². The summed E-state index contributed by atoms with van der Waals surface area (Å²) in [5, 5.41) is 9.54. The van der Waals surface area contributed by atoms with Gasteiger partial charge in [-0.15, -0.1) is 0 Å². The van der Waals surface area contributed by atoms with Crippen LogP contribution in [0.25, 0.3) is 0 Å². The van der Waals surface area contributed by atoms with Crippen LogP contribution in [-0.2, 0) is 9.53 Å². The van der Waals surface area contributed by atoms with E-state index in [1.807, 2.05) is 0 Å². The Balaban J connectivity index is 2.56. The van der Waals surface area contributed by atoms with Crippen molar-refractivity contribution in [3.05, 3.63) is 0 Å². The Morgan fingerprint density at radius 2 is 1.70 bits per heavy atom. The van der Waals surface area contributed by atoms with E-state index in [0.717, 1.165) is 0 Å². The van der Waals surface area contributed by atoms with Crippen LogP contribution >= 0.6 is 0 Å². The minimum atomic E-state index is -4.84. The molecule has 8 heteroatoms. The Bertz CT molecular complexity index is 435. The van der Waals surface area contributed by atoms with Gasteiger partial charge in [-0.05, 0) is 45.4 Å². The van der Waals surface area contributed by atoms with Crippen LogP contribution in [0.2, 0.25) is 0 Å². The third-order valence-electron chi connectivity index (χ3n) is 4.01. The average Bonchev–Trinajstić information content (AvgIpc) is 2.42. The second-order valence-corrected chi connectivity index (χ2v) is 7.05. The molecule has 1 N–H and O–H groups in total. The van der Waals surface area contributed by atoms with E-state index < -0.39 is 35.5 Å². The molecule has 1 aliphatic rings. The van der Waals surface area contributed by atoms with E-state index in [-0.39, 0.29) is 26.1 Å². The number of carbonyl (C=O) groups is 2. The number of carbonyl (C=O) groups excluding carboxylic acids is 2. The van der Waals surface area contributed by atoms with Crippen molar-refractivity contribution in [2.24, 2.45) is 5.41 Å². The fourth-order valence-electron chi connectivity index (χ4n) is 2.50. The largest absolute Gasteiger partial charge is 0.449 e. The number of halogens is 3. The molecule has 134 valence electrons. The fourth-order valence-corrected chi connectivity index (χ4v) is 2.50. The molecular formula is C15H24F3NO4. The number of nitrogens with zero attached hydrogens (tertiary/aromatic N) is 1. The number of aliphatic hydroxyl groups is 1. The first kappa shape index (κ1) is 19.7. The van der Waals surface area contributed by atoms with Crippen molar-refractivity contribution in [2.45, 2.75) is 58.2 Å². The summed E-state index contributed by atoms with van der Waals surface area (Å²) in [6.07, 6.45) is -5.31. The van der Waals surface area contributed by atoms with Gasteiger partial charge >= 0.3 is 12.3 Å². The molecule has 0 aromatic carbocycles. The van der Waals surface area contributed by atoms with E-state index in [1.165, 1.54) is 4.90 Å². The van der Waals surface area contributed by atoms with Crippen molar-refractivity contribution < 1.29 is 32.6 Å². The van der Waals surface area contributed by atoms with Gasteiger partial charge in [-0.2, -0.15) is 13.2 Å². The maximum atomic E-state index is 12.3. The molecule has 1 saturated heterocycles. The summed E-state index contributed by atoms with van der Waals surface area (Å²) in [6.45, 7) is 5.51. The third kappa shape index (κ3) is 6.01. The van der Waals surface area contributed by atoms with Gasteiger partial charge in [0.2, 0.25) is 5.78 Å². The van der Waals surface area contributed by atoms with E-state index in [0.29, 0.717) is 12.8 Å². The molecule has 1 aliphatic heterocycles. The Kier molecular flexibility index (Phi) is 6.06. The lowest BCUT2D eigenvalue weighted by atomic mass is 9.75. The van der Waals surface area contributed by atoms with Crippen LogP contribution in [0, 0.1) is 5.41 Å². The number of rotatable bonds is 4. The summed E-state index contributed by atoms with van der Waals surface area (Å²) in [4.78, 5) is 24.4. The summed E-state index contributed by atoms with van der Waals surface area (Å²) < 4.78 is 42.1. The second-order valence-electron chi connectivity index (χ2n) is 7.05. The minimum Gasteiger partial charge on any atom is -0.444 e. The SMILES string of the molecule is CC(C)(C)OC(=O)N1CCC(CO)(CCC(=O)C(F)(F)F)CC1. The number of ketones is 1. The van der Waals surface area contributed by atoms with Gasteiger partial charge in [-0.25, -0.2) is 4.79 Å². The van der Waals surface area contributed by atoms with Gasteiger partial charge in [0.1, 0.15) is 5.60 Å². The van der Waals surface area contributed by atoms with Crippen molar-refractivity contribution in [2.75, 3.05) is 19.7 Å². The van der Waals surface area contributed by atoms with Crippen LogP contribution in [0.5, 0.6) is 0 Å². The molecule has 0 aromatic heterocycles. The molecule has 0 saturated carbocycles. The fraction of sp³-hybridized carbons (Fsp3) is 0.867. The average molecular weight is 339 g/mol. The highest BCUT2D eigenvalue weighted by Crippen LogP contribution is 2.37. The Morgan fingerprint density at radius 3 is 2.09 bits per heavy atom. The van der Waals surface area contributed by atoms with Crippen LogP contribution in [0.1, 0.15) is 46.5 Å². The summed E-state index contributed by atoms with van der Waals surface area (Å²) in [7, 11) is 0. The number of alkyl halides is 3. The van der Waals surface area contributed by atoms with Crippen LogP contribution in [0.15, 0.2) is 0 Å². The number of piperidine rings is 1. The van der Waals surface area contributed by atoms with Crippen molar-refractivity contribution in [3.8, 4) is 0 Å². The predicted molar refractivity (Wildman–Crippen MR) is 76.9 cm³/mol. The topological polar surface area (TPSA) is 66.8 Å². The van der Waals surface area contributed by atoms with Gasteiger partial charge in [-0.3, -0.25) is 4.79 Å².